The maximum atomic E-state index is 12.4. The van der Waals surface area contributed by atoms with Crippen molar-refractivity contribution in [3.05, 3.63) is 83.9 Å². The molecule has 148 valence electrons. The molecule has 0 bridgehead atoms. The smallest absolute Gasteiger partial charge is 0.349 e. The highest BCUT2D eigenvalue weighted by atomic mass is 16.6. The Morgan fingerprint density at radius 2 is 1.24 bits per heavy atom. The van der Waals surface area contributed by atoms with Crippen LogP contribution in [-0.4, -0.2) is 32.6 Å². The lowest BCUT2D eigenvalue weighted by molar-refractivity contribution is -0.136. The number of hydrogen-bond donors (Lipinski definition) is 0. The second-order valence-corrected chi connectivity index (χ2v) is 6.03. The molecule has 29 heavy (non-hydrogen) atoms. The first-order valence-electron chi connectivity index (χ1n) is 8.85. The van der Waals surface area contributed by atoms with Gasteiger partial charge in [-0.25, -0.2) is 4.79 Å². The van der Waals surface area contributed by atoms with Crippen molar-refractivity contribution in [3.63, 3.8) is 0 Å². The summed E-state index contributed by atoms with van der Waals surface area (Å²) in [5, 5.41) is 0. The van der Waals surface area contributed by atoms with Gasteiger partial charge in [0.15, 0.2) is 12.4 Å². The van der Waals surface area contributed by atoms with Crippen molar-refractivity contribution in [2.24, 2.45) is 0 Å². The van der Waals surface area contributed by atoms with Gasteiger partial charge in [-0.15, -0.1) is 0 Å². The van der Waals surface area contributed by atoms with Crippen molar-refractivity contribution in [2.75, 3.05) is 20.8 Å². The number of methoxy groups -OCH3 is 2. The second-order valence-electron chi connectivity index (χ2n) is 6.03. The van der Waals surface area contributed by atoms with Gasteiger partial charge in [-0.1, -0.05) is 30.3 Å². The second kappa shape index (κ2) is 9.41. The van der Waals surface area contributed by atoms with Crippen molar-refractivity contribution in [3.8, 4) is 23.0 Å². The Kier molecular flexibility index (Phi) is 6.47. The van der Waals surface area contributed by atoms with E-state index in [4.69, 9.17) is 18.9 Å². The van der Waals surface area contributed by atoms with Crippen LogP contribution in [0.1, 0.15) is 15.9 Å². The predicted molar refractivity (Wildman–Crippen MR) is 107 cm³/mol. The summed E-state index contributed by atoms with van der Waals surface area (Å²) in [6.45, 7) is -0.286. The zero-order chi connectivity index (χ0) is 20.6. The zero-order valence-corrected chi connectivity index (χ0v) is 16.1. The zero-order valence-electron chi connectivity index (χ0n) is 16.1. The molecule has 0 N–H and O–H groups in total. The van der Waals surface area contributed by atoms with E-state index in [1.165, 1.54) is 14.2 Å². The molecule has 0 atom stereocenters. The Morgan fingerprint density at radius 1 is 0.690 bits per heavy atom. The molecule has 3 rings (SSSR count). The standard InChI is InChI=1S/C23H20O6/c1-26-19-12-20(27-2)14-21(13-19)29-22(24)15-28-18-10-8-17(9-11-18)23(25)16-6-4-3-5-7-16/h3-14H,15H2,1-2H3. The van der Waals surface area contributed by atoms with Gasteiger partial charge in [0.2, 0.25) is 0 Å². The molecule has 3 aromatic carbocycles. The van der Waals surface area contributed by atoms with Gasteiger partial charge in [0.1, 0.15) is 23.0 Å². The summed E-state index contributed by atoms with van der Waals surface area (Å²) in [6.07, 6.45) is 0. The number of rotatable bonds is 8. The normalized spacial score (nSPS) is 10.1. The van der Waals surface area contributed by atoms with Gasteiger partial charge in [-0.2, -0.15) is 0 Å². The molecule has 0 heterocycles. The van der Waals surface area contributed by atoms with Crippen LogP contribution in [0.15, 0.2) is 72.8 Å². The summed E-state index contributed by atoms with van der Waals surface area (Å²) in [5.41, 5.74) is 1.15. The molecule has 0 spiro atoms. The molecule has 0 aliphatic rings. The molecule has 0 amide bonds. The lowest BCUT2D eigenvalue weighted by Gasteiger charge is -2.10. The van der Waals surface area contributed by atoms with E-state index in [1.54, 1.807) is 54.6 Å². The summed E-state index contributed by atoms with van der Waals surface area (Å²) in [7, 11) is 3.02. The maximum Gasteiger partial charge on any atom is 0.349 e. The molecule has 0 fully saturated rings. The minimum atomic E-state index is -0.579. The Balaban J connectivity index is 1.57. The molecule has 0 aliphatic carbocycles. The van der Waals surface area contributed by atoms with Crippen LogP contribution in [0, 0.1) is 0 Å². The molecule has 6 heteroatoms. The molecule has 0 aliphatic heterocycles. The summed E-state index contributed by atoms with van der Waals surface area (Å²) >= 11 is 0. The van der Waals surface area contributed by atoms with Gasteiger partial charge in [-0.05, 0) is 24.3 Å². The third-order valence-corrected chi connectivity index (χ3v) is 4.07. The van der Waals surface area contributed by atoms with Crippen LogP contribution in [0.4, 0.5) is 0 Å². The van der Waals surface area contributed by atoms with Gasteiger partial charge in [0.25, 0.3) is 0 Å². The number of ether oxygens (including phenoxy) is 4. The highest BCUT2D eigenvalue weighted by Crippen LogP contribution is 2.27. The third-order valence-electron chi connectivity index (χ3n) is 4.07. The average molecular weight is 392 g/mol. The Labute approximate surface area is 168 Å². The minimum absolute atomic E-state index is 0.0801. The molecular weight excluding hydrogens is 372 g/mol. The highest BCUT2D eigenvalue weighted by Gasteiger charge is 2.11. The van der Waals surface area contributed by atoms with Gasteiger partial charge < -0.3 is 18.9 Å². The summed E-state index contributed by atoms with van der Waals surface area (Å²) in [5.74, 6) is 1.10. The van der Waals surface area contributed by atoms with Crippen LogP contribution >= 0.6 is 0 Å². The van der Waals surface area contributed by atoms with E-state index in [0.29, 0.717) is 34.1 Å². The number of hydrogen-bond acceptors (Lipinski definition) is 6. The van der Waals surface area contributed by atoms with Gasteiger partial charge in [-0.3, -0.25) is 4.79 Å². The van der Waals surface area contributed by atoms with E-state index in [1.807, 2.05) is 18.2 Å². The first kappa shape index (κ1) is 19.9. The Morgan fingerprint density at radius 3 is 1.83 bits per heavy atom. The SMILES string of the molecule is COc1cc(OC)cc(OC(=O)COc2ccc(C(=O)c3ccccc3)cc2)c1. The first-order chi connectivity index (χ1) is 14.1. The fraction of sp³-hybridized carbons (Fsp3) is 0.130. The van der Waals surface area contributed by atoms with Gasteiger partial charge in [0.05, 0.1) is 14.2 Å². The molecule has 6 nitrogen and oxygen atoms in total. The number of ketones is 1. The van der Waals surface area contributed by atoms with E-state index in [-0.39, 0.29) is 12.4 Å². The third kappa shape index (κ3) is 5.35. The van der Waals surface area contributed by atoms with Crippen LogP contribution in [0.3, 0.4) is 0 Å². The first-order valence-corrected chi connectivity index (χ1v) is 8.85. The average Bonchev–Trinajstić information content (AvgIpc) is 2.77. The topological polar surface area (TPSA) is 71.1 Å². The van der Waals surface area contributed by atoms with Crippen molar-refractivity contribution in [1.29, 1.82) is 0 Å². The van der Waals surface area contributed by atoms with E-state index in [9.17, 15) is 9.59 Å². The number of esters is 1. The van der Waals surface area contributed by atoms with E-state index >= 15 is 0 Å². The number of benzene rings is 3. The monoisotopic (exact) mass is 392 g/mol. The Hall–Kier alpha value is -3.80. The van der Waals surface area contributed by atoms with Gasteiger partial charge >= 0.3 is 5.97 Å². The van der Waals surface area contributed by atoms with Crippen LogP contribution in [-0.2, 0) is 4.79 Å². The lowest BCUT2D eigenvalue weighted by atomic mass is 10.0. The van der Waals surface area contributed by atoms with Crippen LogP contribution in [0.5, 0.6) is 23.0 Å². The molecule has 3 aromatic rings. The van der Waals surface area contributed by atoms with Crippen LogP contribution < -0.4 is 18.9 Å². The summed E-state index contributed by atoms with van der Waals surface area (Å²) in [6, 6.07) is 20.4. The fourth-order valence-corrected chi connectivity index (χ4v) is 2.60. The Bertz CT molecular complexity index is 958. The molecule has 0 aromatic heterocycles. The summed E-state index contributed by atoms with van der Waals surface area (Å²) < 4.78 is 21.0. The van der Waals surface area contributed by atoms with Crippen LogP contribution in [0.2, 0.25) is 0 Å². The molecule has 0 radical (unpaired) electrons. The molecule has 0 saturated heterocycles. The minimum Gasteiger partial charge on any atom is -0.496 e. The molecular formula is C23H20O6. The highest BCUT2D eigenvalue weighted by molar-refractivity contribution is 6.08. The van der Waals surface area contributed by atoms with Crippen molar-refractivity contribution >= 4 is 11.8 Å². The predicted octanol–water partition coefficient (Wildman–Crippen LogP) is 3.92. The van der Waals surface area contributed by atoms with Crippen molar-refractivity contribution < 1.29 is 28.5 Å². The molecule has 0 saturated carbocycles. The quantitative estimate of drug-likeness (QED) is 0.329. The lowest BCUT2D eigenvalue weighted by Crippen LogP contribution is -2.17. The van der Waals surface area contributed by atoms with Crippen molar-refractivity contribution in [1.82, 2.24) is 0 Å². The maximum absolute atomic E-state index is 12.4. The van der Waals surface area contributed by atoms with Gasteiger partial charge in [0, 0.05) is 29.3 Å². The number of carbonyl (C=O) groups is 2. The van der Waals surface area contributed by atoms with Crippen molar-refractivity contribution in [2.45, 2.75) is 0 Å². The van der Waals surface area contributed by atoms with E-state index < -0.39 is 5.97 Å². The van der Waals surface area contributed by atoms with E-state index in [2.05, 4.69) is 0 Å². The van der Waals surface area contributed by atoms with Crippen LogP contribution in [0.25, 0.3) is 0 Å². The summed E-state index contributed by atoms with van der Waals surface area (Å²) in [4.78, 5) is 24.5. The molecule has 0 unspecified atom stereocenters. The largest absolute Gasteiger partial charge is 0.496 e. The van der Waals surface area contributed by atoms with E-state index in [0.717, 1.165) is 0 Å². The fourth-order valence-electron chi connectivity index (χ4n) is 2.60. The number of carbonyl (C=O) groups excluding carboxylic acids is 2.